The van der Waals surface area contributed by atoms with Gasteiger partial charge in [-0.25, -0.2) is 9.59 Å². The molecule has 4 atom stereocenters. The molecule has 2 aromatic carbocycles. The van der Waals surface area contributed by atoms with Gasteiger partial charge in [0.05, 0.1) is 6.61 Å². The number of aliphatic hydroxyl groups excluding tert-OH is 1. The van der Waals surface area contributed by atoms with E-state index in [1.807, 2.05) is 70.2 Å². The average Bonchev–Trinajstić information content (AvgIpc) is 2.78. The molecule has 0 saturated heterocycles. The van der Waals surface area contributed by atoms with Crippen molar-refractivity contribution in [3.63, 3.8) is 0 Å². The van der Waals surface area contributed by atoms with Gasteiger partial charge in [0.1, 0.15) is 5.75 Å². The van der Waals surface area contributed by atoms with E-state index in [0.717, 1.165) is 16.7 Å². The summed E-state index contributed by atoms with van der Waals surface area (Å²) in [4.78, 5) is 24.5. The molecule has 0 bridgehead atoms. The number of aromatic hydroxyl groups is 1. The van der Waals surface area contributed by atoms with Gasteiger partial charge < -0.3 is 25.2 Å². The maximum absolute atomic E-state index is 11.4. The molecule has 34 heavy (non-hydrogen) atoms. The van der Waals surface area contributed by atoms with Gasteiger partial charge in [-0.15, -0.1) is 0 Å². The van der Waals surface area contributed by atoms with Crippen molar-refractivity contribution in [1.29, 1.82) is 0 Å². The van der Waals surface area contributed by atoms with Crippen molar-refractivity contribution < 1.29 is 34.8 Å². The van der Waals surface area contributed by atoms with E-state index in [1.165, 1.54) is 0 Å². The second-order valence-corrected chi connectivity index (χ2v) is 8.87. The molecule has 0 fully saturated rings. The molecule has 1 unspecified atom stereocenters. The summed E-state index contributed by atoms with van der Waals surface area (Å²) in [6.45, 7) is 8.43. The first-order valence-corrected chi connectivity index (χ1v) is 11.4. The number of carbonyl (C=O) groups is 2. The first kappa shape index (κ1) is 27.3. The summed E-state index contributed by atoms with van der Waals surface area (Å²) < 4.78 is 5.32. The van der Waals surface area contributed by atoms with Crippen molar-refractivity contribution >= 4 is 11.9 Å². The van der Waals surface area contributed by atoms with Crippen LogP contribution >= 0.6 is 0 Å². The number of phenols is 1. The summed E-state index contributed by atoms with van der Waals surface area (Å²) in [6.07, 6.45) is -3.32. The van der Waals surface area contributed by atoms with Crippen LogP contribution in [0.25, 0.3) is 0 Å². The maximum atomic E-state index is 11.4. The number of phenolic OH excluding ortho intramolecular Hbond substituents is 1. The Balaban J connectivity index is 2.19. The molecule has 0 amide bonds. The molecule has 0 aliphatic heterocycles. The Morgan fingerprint density at radius 1 is 1.00 bits per heavy atom. The Morgan fingerprint density at radius 3 is 2.21 bits per heavy atom. The van der Waals surface area contributed by atoms with Crippen LogP contribution < -0.4 is 0 Å². The monoisotopic (exact) mass is 473 g/mol. The van der Waals surface area contributed by atoms with Gasteiger partial charge in [-0.2, -0.15) is 0 Å². The molecule has 0 spiro atoms. The van der Waals surface area contributed by atoms with E-state index in [-0.39, 0.29) is 30.4 Å². The van der Waals surface area contributed by atoms with Crippen LogP contribution in [-0.2, 0) is 14.3 Å². The number of hydrogen-bond acceptors (Lipinski definition) is 6. The molecule has 0 aliphatic carbocycles. The van der Waals surface area contributed by atoms with Crippen molar-refractivity contribution in [1.82, 2.24) is 4.90 Å². The normalized spacial score (nSPS) is 15.1. The number of aliphatic carboxylic acids is 2. The molecule has 0 aliphatic rings. The second-order valence-electron chi connectivity index (χ2n) is 8.87. The first-order valence-electron chi connectivity index (χ1n) is 11.4. The molecular weight excluding hydrogens is 438 g/mol. The van der Waals surface area contributed by atoms with Crippen LogP contribution in [0.4, 0.5) is 0 Å². The quantitative estimate of drug-likeness (QED) is 0.349. The van der Waals surface area contributed by atoms with Crippen LogP contribution in [0.1, 0.15) is 49.8 Å². The molecule has 4 N–H and O–H groups in total. The lowest BCUT2D eigenvalue weighted by molar-refractivity contribution is -0.172. The Kier molecular flexibility index (Phi) is 10.0. The summed E-state index contributed by atoms with van der Waals surface area (Å²) in [5.41, 5.74) is 2.97. The fourth-order valence-corrected chi connectivity index (χ4v) is 4.17. The highest BCUT2D eigenvalue weighted by Gasteiger charge is 2.34. The highest BCUT2D eigenvalue weighted by atomic mass is 16.5. The number of aryl methyl sites for hydroxylation is 1. The SMILES string of the molecule is Cc1ccc(O)c([C@H](CCN(C(C)C)C(C)CO[C@@H](C(=O)O)[C@@H](O)C(=O)O)c2ccccc2)c1. The summed E-state index contributed by atoms with van der Waals surface area (Å²) in [7, 11) is 0. The van der Waals surface area contributed by atoms with Gasteiger partial charge in [-0.05, 0) is 52.3 Å². The Hall–Kier alpha value is -2.94. The van der Waals surface area contributed by atoms with E-state index >= 15 is 0 Å². The molecule has 0 saturated carbocycles. The summed E-state index contributed by atoms with van der Waals surface area (Å²) in [6, 6.07) is 15.3. The van der Waals surface area contributed by atoms with Gasteiger partial charge in [0.2, 0.25) is 0 Å². The Morgan fingerprint density at radius 2 is 1.65 bits per heavy atom. The van der Waals surface area contributed by atoms with Crippen LogP contribution in [-0.4, -0.2) is 74.7 Å². The fourth-order valence-electron chi connectivity index (χ4n) is 4.17. The number of aliphatic hydroxyl groups is 1. The molecule has 186 valence electrons. The highest BCUT2D eigenvalue weighted by molar-refractivity contribution is 5.83. The van der Waals surface area contributed by atoms with Crippen molar-refractivity contribution in [2.24, 2.45) is 0 Å². The third-order valence-corrected chi connectivity index (χ3v) is 5.97. The Labute approximate surface area is 200 Å². The van der Waals surface area contributed by atoms with Crippen LogP contribution in [0, 0.1) is 6.92 Å². The summed E-state index contributed by atoms with van der Waals surface area (Å²) in [5, 5.41) is 38.4. The number of carboxylic acid groups (broad SMARTS) is 2. The van der Waals surface area contributed by atoms with E-state index < -0.39 is 24.1 Å². The van der Waals surface area contributed by atoms with Gasteiger partial charge >= 0.3 is 11.9 Å². The Bertz CT molecular complexity index is 947. The van der Waals surface area contributed by atoms with Gasteiger partial charge in [0, 0.05) is 23.6 Å². The van der Waals surface area contributed by atoms with Gasteiger partial charge in [0.15, 0.2) is 12.2 Å². The van der Waals surface area contributed by atoms with Crippen LogP contribution in [0.3, 0.4) is 0 Å². The number of nitrogens with zero attached hydrogens (tertiary/aromatic N) is 1. The maximum Gasteiger partial charge on any atom is 0.336 e. The van der Waals surface area contributed by atoms with Crippen LogP contribution in [0.15, 0.2) is 48.5 Å². The zero-order valence-corrected chi connectivity index (χ0v) is 20.1. The smallest absolute Gasteiger partial charge is 0.336 e. The van der Waals surface area contributed by atoms with Crippen molar-refractivity contribution in [3.8, 4) is 5.75 Å². The van der Waals surface area contributed by atoms with Crippen molar-refractivity contribution in [2.45, 2.75) is 64.3 Å². The molecule has 2 aromatic rings. The van der Waals surface area contributed by atoms with E-state index in [2.05, 4.69) is 4.90 Å². The third-order valence-electron chi connectivity index (χ3n) is 5.97. The minimum Gasteiger partial charge on any atom is -0.508 e. The molecule has 0 radical (unpaired) electrons. The van der Waals surface area contributed by atoms with Crippen molar-refractivity contribution in [2.75, 3.05) is 13.2 Å². The number of carboxylic acids is 2. The number of ether oxygens (including phenoxy) is 1. The van der Waals surface area contributed by atoms with Gasteiger partial charge in [-0.1, -0.05) is 48.0 Å². The average molecular weight is 474 g/mol. The van der Waals surface area contributed by atoms with E-state index in [1.54, 1.807) is 6.07 Å². The van der Waals surface area contributed by atoms with Gasteiger partial charge in [-0.3, -0.25) is 4.90 Å². The number of hydrogen-bond donors (Lipinski definition) is 4. The molecule has 8 heteroatoms. The molecule has 2 rings (SSSR count). The standard InChI is InChI=1S/C26H35NO7/c1-16(2)27(18(4)15-34-24(26(32)33)23(29)25(30)31)13-12-20(19-8-6-5-7-9-19)21-14-17(3)10-11-22(21)28/h5-11,14,16,18,20,23-24,28-29H,12-13,15H2,1-4H3,(H,30,31)(H,32,33)/t18?,20-,23-,24-/m1/s1. The fraction of sp³-hybridized carbons (Fsp3) is 0.462. The first-order chi connectivity index (χ1) is 16.0. The molecule has 0 heterocycles. The van der Waals surface area contributed by atoms with Gasteiger partial charge in [0.25, 0.3) is 0 Å². The van der Waals surface area contributed by atoms with Crippen molar-refractivity contribution in [3.05, 3.63) is 65.2 Å². The lowest BCUT2D eigenvalue weighted by atomic mass is 9.86. The largest absolute Gasteiger partial charge is 0.508 e. The second kappa shape index (κ2) is 12.5. The highest BCUT2D eigenvalue weighted by Crippen LogP contribution is 2.35. The van der Waals surface area contributed by atoms with E-state index in [4.69, 9.17) is 9.84 Å². The minimum atomic E-state index is -2.15. The van der Waals surface area contributed by atoms with E-state index in [0.29, 0.717) is 13.0 Å². The number of rotatable bonds is 13. The predicted molar refractivity (Wildman–Crippen MR) is 128 cm³/mol. The zero-order chi connectivity index (χ0) is 25.4. The third kappa shape index (κ3) is 7.28. The van der Waals surface area contributed by atoms with Crippen LogP contribution in [0.5, 0.6) is 5.75 Å². The topological polar surface area (TPSA) is 128 Å². The summed E-state index contributed by atoms with van der Waals surface area (Å²) >= 11 is 0. The predicted octanol–water partition coefficient (Wildman–Crippen LogP) is 3.24. The molecular formula is C26H35NO7. The molecule has 8 nitrogen and oxygen atoms in total. The van der Waals surface area contributed by atoms with Crippen LogP contribution in [0.2, 0.25) is 0 Å². The number of benzene rings is 2. The van der Waals surface area contributed by atoms with E-state index in [9.17, 15) is 24.9 Å². The summed E-state index contributed by atoms with van der Waals surface area (Å²) in [5.74, 6) is -3.00. The zero-order valence-electron chi connectivity index (χ0n) is 20.1. The lowest BCUT2D eigenvalue weighted by Crippen LogP contribution is -2.47. The lowest BCUT2D eigenvalue weighted by Gasteiger charge is -2.34. The molecule has 0 aromatic heterocycles. The minimum absolute atomic E-state index is 0.0592.